The van der Waals surface area contributed by atoms with Gasteiger partial charge < -0.3 is 19.7 Å². The number of nitrogens with one attached hydrogen (secondary N) is 1. The van der Waals surface area contributed by atoms with Crippen molar-refractivity contribution in [1.82, 2.24) is 10.5 Å². The molecule has 1 aromatic rings. The van der Waals surface area contributed by atoms with Gasteiger partial charge in [0.05, 0.1) is 12.0 Å². The highest BCUT2D eigenvalue weighted by atomic mass is 32.2. The zero-order valence-corrected chi connectivity index (χ0v) is 11.8. The Kier molecular flexibility index (Phi) is 4.58. The molecule has 0 bridgehead atoms. The summed E-state index contributed by atoms with van der Waals surface area (Å²) in [6.07, 6.45) is 0.308. The lowest BCUT2D eigenvalue weighted by Gasteiger charge is -2.14. The van der Waals surface area contributed by atoms with Crippen molar-refractivity contribution in [3.05, 3.63) is 28.0 Å². The number of ketones is 1. The molecule has 1 aliphatic rings. The number of allylic oxidation sites excluding steroid dienone is 1. The quantitative estimate of drug-likeness (QED) is 0.599. The van der Waals surface area contributed by atoms with Crippen LogP contribution in [0.5, 0.6) is 0 Å². The summed E-state index contributed by atoms with van der Waals surface area (Å²) in [4.78, 5) is 24.3. The van der Waals surface area contributed by atoms with Crippen molar-refractivity contribution in [2.75, 3.05) is 26.5 Å². The van der Waals surface area contributed by atoms with Crippen molar-refractivity contribution in [2.24, 2.45) is 0 Å². The molecule has 0 fully saturated rings. The maximum absolute atomic E-state index is 12.3. The number of ether oxygens (including phenoxy) is 1. The van der Waals surface area contributed by atoms with E-state index in [1.165, 1.54) is 24.9 Å². The largest absolute Gasteiger partial charge is 0.464 e. The van der Waals surface area contributed by atoms with Gasteiger partial charge in [0, 0.05) is 12.3 Å². The van der Waals surface area contributed by atoms with E-state index in [4.69, 9.17) is 4.52 Å². The lowest BCUT2D eigenvalue weighted by atomic mass is 9.99. The standard InChI is InChI=1S/C12H14N2O5S/c1-13-3-4-20-7-5-6(15)11-8(10(7)16)9(14-19-11)12(17)18-2/h5-6,13,15H,3-4H2,1-2H3. The number of aromatic nitrogens is 1. The molecule has 20 heavy (non-hydrogen) atoms. The molecule has 7 nitrogen and oxygen atoms in total. The molecule has 108 valence electrons. The van der Waals surface area contributed by atoms with E-state index in [0.29, 0.717) is 17.2 Å². The van der Waals surface area contributed by atoms with Crippen LogP contribution in [-0.4, -0.2) is 48.5 Å². The number of methoxy groups -OCH3 is 1. The fourth-order valence-electron chi connectivity index (χ4n) is 1.75. The minimum Gasteiger partial charge on any atom is -0.464 e. The molecule has 0 amide bonds. The van der Waals surface area contributed by atoms with Crippen LogP contribution in [0.25, 0.3) is 0 Å². The number of hydrogen-bond acceptors (Lipinski definition) is 8. The molecule has 0 aromatic carbocycles. The summed E-state index contributed by atoms with van der Waals surface area (Å²) in [6.45, 7) is 0.714. The molecule has 1 atom stereocenters. The van der Waals surface area contributed by atoms with Gasteiger partial charge in [-0.25, -0.2) is 4.79 Å². The predicted molar refractivity (Wildman–Crippen MR) is 71.6 cm³/mol. The number of rotatable bonds is 5. The van der Waals surface area contributed by atoms with Gasteiger partial charge in [0.15, 0.2) is 5.76 Å². The third-order valence-corrected chi connectivity index (χ3v) is 3.78. The van der Waals surface area contributed by atoms with E-state index in [1.807, 2.05) is 0 Å². The Morgan fingerprint density at radius 1 is 1.65 bits per heavy atom. The Hall–Kier alpha value is -1.64. The van der Waals surface area contributed by atoms with E-state index in [9.17, 15) is 14.7 Å². The fraction of sp³-hybridized carbons (Fsp3) is 0.417. The highest BCUT2D eigenvalue weighted by Crippen LogP contribution is 2.35. The first-order valence-corrected chi connectivity index (χ1v) is 6.88. The zero-order valence-electron chi connectivity index (χ0n) is 11.0. The van der Waals surface area contributed by atoms with E-state index >= 15 is 0 Å². The zero-order chi connectivity index (χ0) is 14.7. The van der Waals surface area contributed by atoms with E-state index in [0.717, 1.165) is 0 Å². The number of carbonyl (C=O) groups is 2. The number of esters is 1. The number of aliphatic hydroxyl groups is 1. The van der Waals surface area contributed by atoms with Crippen LogP contribution in [0.2, 0.25) is 0 Å². The van der Waals surface area contributed by atoms with Gasteiger partial charge in [0.1, 0.15) is 11.7 Å². The molecule has 2 N–H and O–H groups in total. The summed E-state index contributed by atoms with van der Waals surface area (Å²) in [6, 6.07) is 0. The maximum atomic E-state index is 12.3. The van der Waals surface area contributed by atoms with Crippen LogP contribution < -0.4 is 5.32 Å². The second-order valence-corrected chi connectivity index (χ2v) is 5.16. The van der Waals surface area contributed by atoms with Crippen LogP contribution in [0.15, 0.2) is 15.5 Å². The Morgan fingerprint density at radius 2 is 2.40 bits per heavy atom. The molecule has 2 rings (SSSR count). The number of thioether (sulfide) groups is 1. The van der Waals surface area contributed by atoms with E-state index < -0.39 is 12.1 Å². The average Bonchev–Trinajstić information content (AvgIpc) is 2.89. The lowest BCUT2D eigenvalue weighted by Crippen LogP contribution is -2.18. The normalized spacial score (nSPS) is 17.6. The Balaban J connectivity index is 2.30. The highest BCUT2D eigenvalue weighted by molar-refractivity contribution is 8.04. The van der Waals surface area contributed by atoms with Crippen molar-refractivity contribution in [3.63, 3.8) is 0 Å². The minimum absolute atomic E-state index is 0.0150. The first-order chi connectivity index (χ1) is 9.60. The van der Waals surface area contributed by atoms with Gasteiger partial charge in [-0.15, -0.1) is 11.8 Å². The minimum atomic E-state index is -1.09. The molecule has 1 aromatic heterocycles. The molecule has 1 aliphatic carbocycles. The number of Topliss-reactive ketones (excluding diaryl/α,β-unsaturated/α-hetero) is 1. The molecule has 8 heteroatoms. The summed E-state index contributed by atoms with van der Waals surface area (Å²) in [5.41, 5.74) is -0.217. The van der Waals surface area contributed by atoms with Crippen molar-refractivity contribution in [3.8, 4) is 0 Å². The summed E-state index contributed by atoms with van der Waals surface area (Å²) >= 11 is 1.30. The van der Waals surface area contributed by atoms with Crippen molar-refractivity contribution in [2.45, 2.75) is 6.10 Å². The smallest absolute Gasteiger partial charge is 0.361 e. The molecule has 1 heterocycles. The summed E-state index contributed by atoms with van der Waals surface area (Å²) in [5.74, 6) is -0.506. The van der Waals surface area contributed by atoms with Gasteiger partial charge in [-0.2, -0.15) is 0 Å². The van der Waals surface area contributed by atoms with Gasteiger partial charge in [0.2, 0.25) is 11.5 Å². The molecule has 1 unspecified atom stereocenters. The van der Waals surface area contributed by atoms with Gasteiger partial charge in [-0.05, 0) is 13.1 Å². The number of nitrogens with zero attached hydrogens (tertiary/aromatic N) is 1. The Bertz CT molecular complexity index is 566. The van der Waals surface area contributed by atoms with Gasteiger partial charge in [-0.3, -0.25) is 4.79 Å². The molecule has 0 saturated heterocycles. The van der Waals surface area contributed by atoms with Crippen molar-refractivity contribution in [1.29, 1.82) is 0 Å². The monoisotopic (exact) mass is 298 g/mol. The Labute approximate surface area is 119 Å². The number of hydrogen-bond donors (Lipinski definition) is 2. The number of aliphatic hydroxyl groups excluding tert-OH is 1. The average molecular weight is 298 g/mol. The van der Waals surface area contributed by atoms with E-state index in [1.54, 1.807) is 7.05 Å². The highest BCUT2D eigenvalue weighted by Gasteiger charge is 2.36. The topological polar surface area (TPSA) is 102 Å². The molecular formula is C12H14N2O5S. The first-order valence-electron chi connectivity index (χ1n) is 5.90. The third-order valence-electron chi connectivity index (χ3n) is 2.74. The third kappa shape index (κ3) is 2.62. The van der Waals surface area contributed by atoms with Crippen LogP contribution in [0, 0.1) is 0 Å². The number of fused-ring (bicyclic) bond motifs is 1. The lowest BCUT2D eigenvalue weighted by molar-refractivity contribution is 0.0586. The molecule has 0 aliphatic heterocycles. The van der Waals surface area contributed by atoms with Crippen LogP contribution in [0.4, 0.5) is 0 Å². The maximum Gasteiger partial charge on any atom is 0.361 e. The molecule has 0 radical (unpaired) electrons. The second-order valence-electron chi connectivity index (χ2n) is 4.02. The van der Waals surface area contributed by atoms with E-state index in [2.05, 4.69) is 15.2 Å². The van der Waals surface area contributed by atoms with Gasteiger partial charge in [-0.1, -0.05) is 5.16 Å². The summed E-state index contributed by atoms with van der Waals surface area (Å²) in [5, 5.41) is 16.4. The summed E-state index contributed by atoms with van der Waals surface area (Å²) in [7, 11) is 2.99. The van der Waals surface area contributed by atoms with Crippen molar-refractivity contribution >= 4 is 23.5 Å². The van der Waals surface area contributed by atoms with Crippen LogP contribution >= 0.6 is 11.8 Å². The molecule has 0 spiro atoms. The SMILES string of the molecule is CNCCSC1=CC(O)c2onc(C(=O)OC)c2C1=O. The molecular weight excluding hydrogens is 284 g/mol. The van der Waals surface area contributed by atoms with Gasteiger partial charge >= 0.3 is 5.97 Å². The van der Waals surface area contributed by atoms with E-state index in [-0.39, 0.29) is 22.8 Å². The van der Waals surface area contributed by atoms with Crippen LogP contribution in [0.3, 0.4) is 0 Å². The summed E-state index contributed by atoms with van der Waals surface area (Å²) < 4.78 is 9.43. The first kappa shape index (κ1) is 14.8. The van der Waals surface area contributed by atoms with Gasteiger partial charge in [0.25, 0.3) is 0 Å². The predicted octanol–water partition coefficient (Wildman–Crippen LogP) is 0.527. The van der Waals surface area contributed by atoms with Crippen LogP contribution in [0.1, 0.15) is 32.7 Å². The number of carbonyl (C=O) groups excluding carboxylic acids is 2. The van der Waals surface area contributed by atoms with Crippen LogP contribution in [-0.2, 0) is 4.74 Å². The Morgan fingerprint density at radius 3 is 3.05 bits per heavy atom. The second kappa shape index (κ2) is 6.21. The van der Waals surface area contributed by atoms with Crippen molar-refractivity contribution < 1.29 is 24.0 Å². The fourth-order valence-corrected chi connectivity index (χ4v) is 2.74. The molecule has 0 saturated carbocycles.